The van der Waals surface area contributed by atoms with Crippen LogP contribution in [0.1, 0.15) is 29.8 Å². The first-order valence-corrected chi connectivity index (χ1v) is 6.82. The first-order valence-electron chi connectivity index (χ1n) is 6.82. The molecule has 1 aromatic rings. The van der Waals surface area contributed by atoms with Gasteiger partial charge in [-0.3, -0.25) is 9.69 Å². The molecule has 1 saturated heterocycles. The van der Waals surface area contributed by atoms with Crippen LogP contribution in [0, 0.1) is 0 Å². The predicted molar refractivity (Wildman–Crippen MR) is 71.8 cm³/mol. The number of aromatic nitrogens is 2. The molecule has 1 aliphatic heterocycles. The highest BCUT2D eigenvalue weighted by Crippen LogP contribution is 2.15. The Labute approximate surface area is 113 Å². The molecule has 1 aliphatic rings. The molecule has 1 atom stereocenters. The summed E-state index contributed by atoms with van der Waals surface area (Å²) in [5.74, 6) is -0.0995. The number of imidazole rings is 1. The Balaban J connectivity index is 1.77. The maximum absolute atomic E-state index is 11.9. The van der Waals surface area contributed by atoms with Crippen molar-refractivity contribution in [3.8, 4) is 0 Å². The summed E-state index contributed by atoms with van der Waals surface area (Å²) in [7, 11) is 1.80. The highest BCUT2D eigenvalue weighted by atomic mass is 16.3. The van der Waals surface area contributed by atoms with E-state index in [-0.39, 0.29) is 18.6 Å². The quantitative estimate of drug-likeness (QED) is 0.787. The molecule has 19 heavy (non-hydrogen) atoms. The number of aliphatic hydroxyl groups excluding tert-OH is 1. The Morgan fingerprint density at radius 3 is 3.11 bits per heavy atom. The van der Waals surface area contributed by atoms with Gasteiger partial charge in [0.15, 0.2) is 0 Å². The van der Waals surface area contributed by atoms with E-state index in [0.717, 1.165) is 19.5 Å². The molecule has 6 heteroatoms. The molecule has 0 unspecified atom stereocenters. The molecular formula is C13H22N4O2. The minimum Gasteiger partial charge on any atom is -0.395 e. The average Bonchev–Trinajstić information content (AvgIpc) is 2.85. The summed E-state index contributed by atoms with van der Waals surface area (Å²) in [6, 6.07) is 0.252. The standard InChI is InChI=1S/C13H22N4O2/c1-16-10-14-8-12(16)13(19)15-5-7-17-6-3-2-4-11(17)9-18/h8,10-11,18H,2-7,9H2,1H3,(H,15,19)/t11-/m1/s1. The van der Waals surface area contributed by atoms with Crippen LogP contribution in [-0.4, -0.2) is 57.7 Å². The number of likely N-dealkylation sites (tertiary alicyclic amines) is 1. The molecule has 6 nitrogen and oxygen atoms in total. The van der Waals surface area contributed by atoms with Crippen molar-refractivity contribution >= 4 is 5.91 Å². The molecule has 0 spiro atoms. The van der Waals surface area contributed by atoms with Gasteiger partial charge in [0.25, 0.3) is 5.91 Å². The lowest BCUT2D eigenvalue weighted by molar-refractivity contribution is 0.0845. The summed E-state index contributed by atoms with van der Waals surface area (Å²) in [6.07, 6.45) is 6.58. The van der Waals surface area contributed by atoms with Crippen molar-refractivity contribution in [3.63, 3.8) is 0 Å². The van der Waals surface area contributed by atoms with Gasteiger partial charge in [0, 0.05) is 26.2 Å². The fourth-order valence-electron chi connectivity index (χ4n) is 2.54. The lowest BCUT2D eigenvalue weighted by atomic mass is 10.0. The molecule has 2 rings (SSSR count). The van der Waals surface area contributed by atoms with Crippen molar-refractivity contribution in [3.05, 3.63) is 18.2 Å². The largest absolute Gasteiger partial charge is 0.395 e. The summed E-state index contributed by atoms with van der Waals surface area (Å²) in [6.45, 7) is 2.60. The van der Waals surface area contributed by atoms with E-state index in [9.17, 15) is 9.90 Å². The van der Waals surface area contributed by atoms with Gasteiger partial charge in [-0.2, -0.15) is 0 Å². The van der Waals surface area contributed by atoms with Crippen molar-refractivity contribution in [1.82, 2.24) is 19.8 Å². The van der Waals surface area contributed by atoms with Crippen LogP contribution < -0.4 is 5.32 Å². The number of carbonyl (C=O) groups excluding carboxylic acids is 1. The van der Waals surface area contributed by atoms with Gasteiger partial charge in [0.1, 0.15) is 5.69 Å². The topological polar surface area (TPSA) is 70.4 Å². The molecule has 1 fully saturated rings. The number of amides is 1. The number of nitrogens with zero attached hydrogens (tertiary/aromatic N) is 3. The van der Waals surface area contributed by atoms with Crippen LogP contribution in [0.5, 0.6) is 0 Å². The van der Waals surface area contributed by atoms with Crippen LogP contribution >= 0.6 is 0 Å². The van der Waals surface area contributed by atoms with E-state index in [4.69, 9.17) is 0 Å². The third-order valence-corrected chi connectivity index (χ3v) is 3.69. The lowest BCUT2D eigenvalue weighted by Gasteiger charge is -2.34. The Morgan fingerprint density at radius 2 is 2.42 bits per heavy atom. The molecule has 1 aromatic heterocycles. The molecule has 0 bridgehead atoms. The lowest BCUT2D eigenvalue weighted by Crippen LogP contribution is -2.45. The Kier molecular flexibility index (Phi) is 4.93. The maximum Gasteiger partial charge on any atom is 0.269 e. The number of aryl methyl sites for hydroxylation is 1. The number of aliphatic hydroxyl groups is 1. The molecule has 0 saturated carbocycles. The monoisotopic (exact) mass is 266 g/mol. The summed E-state index contributed by atoms with van der Waals surface area (Å²) >= 11 is 0. The maximum atomic E-state index is 11.9. The number of hydrogen-bond acceptors (Lipinski definition) is 4. The summed E-state index contributed by atoms with van der Waals surface area (Å²) in [4.78, 5) is 18.1. The van der Waals surface area contributed by atoms with E-state index in [1.807, 2.05) is 0 Å². The molecule has 0 aromatic carbocycles. The molecular weight excluding hydrogens is 244 g/mol. The van der Waals surface area contributed by atoms with Gasteiger partial charge in [0.2, 0.25) is 0 Å². The van der Waals surface area contributed by atoms with Crippen LogP contribution in [0.2, 0.25) is 0 Å². The Bertz CT molecular complexity index is 419. The zero-order chi connectivity index (χ0) is 13.7. The third kappa shape index (κ3) is 3.54. The first kappa shape index (κ1) is 14.0. The van der Waals surface area contributed by atoms with Crippen molar-refractivity contribution in [2.45, 2.75) is 25.3 Å². The average molecular weight is 266 g/mol. The smallest absolute Gasteiger partial charge is 0.269 e. The highest BCUT2D eigenvalue weighted by molar-refractivity contribution is 5.92. The van der Waals surface area contributed by atoms with Crippen LogP contribution in [0.15, 0.2) is 12.5 Å². The van der Waals surface area contributed by atoms with Crippen molar-refractivity contribution in [2.75, 3.05) is 26.2 Å². The van der Waals surface area contributed by atoms with Gasteiger partial charge in [0.05, 0.1) is 19.1 Å². The van der Waals surface area contributed by atoms with Crippen LogP contribution in [0.3, 0.4) is 0 Å². The number of carbonyl (C=O) groups is 1. The second-order valence-corrected chi connectivity index (χ2v) is 5.01. The molecule has 1 amide bonds. The van der Waals surface area contributed by atoms with E-state index in [2.05, 4.69) is 15.2 Å². The van der Waals surface area contributed by atoms with E-state index < -0.39 is 0 Å². The van der Waals surface area contributed by atoms with E-state index in [1.165, 1.54) is 12.8 Å². The number of hydrogen-bond donors (Lipinski definition) is 2. The van der Waals surface area contributed by atoms with E-state index >= 15 is 0 Å². The Hall–Kier alpha value is -1.40. The van der Waals surface area contributed by atoms with Gasteiger partial charge in [-0.1, -0.05) is 6.42 Å². The normalized spacial score (nSPS) is 20.4. The van der Waals surface area contributed by atoms with Crippen LogP contribution in [0.4, 0.5) is 0 Å². The summed E-state index contributed by atoms with van der Waals surface area (Å²) in [5.41, 5.74) is 0.567. The molecule has 106 valence electrons. The molecule has 0 aliphatic carbocycles. The highest BCUT2D eigenvalue weighted by Gasteiger charge is 2.21. The zero-order valence-corrected chi connectivity index (χ0v) is 11.4. The van der Waals surface area contributed by atoms with Gasteiger partial charge in [-0.15, -0.1) is 0 Å². The Morgan fingerprint density at radius 1 is 1.58 bits per heavy atom. The first-order chi connectivity index (χ1) is 9.22. The van der Waals surface area contributed by atoms with Gasteiger partial charge in [-0.25, -0.2) is 4.98 Å². The van der Waals surface area contributed by atoms with Gasteiger partial charge < -0.3 is 15.0 Å². The minimum absolute atomic E-state index is 0.0995. The molecule has 2 heterocycles. The van der Waals surface area contributed by atoms with Crippen molar-refractivity contribution in [1.29, 1.82) is 0 Å². The summed E-state index contributed by atoms with van der Waals surface area (Å²) < 4.78 is 1.70. The number of piperidine rings is 1. The fourth-order valence-corrected chi connectivity index (χ4v) is 2.54. The second-order valence-electron chi connectivity index (χ2n) is 5.01. The number of rotatable bonds is 5. The third-order valence-electron chi connectivity index (χ3n) is 3.69. The molecule has 0 radical (unpaired) electrons. The van der Waals surface area contributed by atoms with E-state index in [1.54, 1.807) is 24.1 Å². The zero-order valence-electron chi connectivity index (χ0n) is 11.4. The summed E-state index contributed by atoms with van der Waals surface area (Å²) in [5, 5.41) is 12.2. The number of nitrogens with one attached hydrogen (secondary N) is 1. The SMILES string of the molecule is Cn1cncc1C(=O)NCCN1CCCC[C@@H]1CO. The van der Waals surface area contributed by atoms with Crippen molar-refractivity contribution < 1.29 is 9.90 Å². The predicted octanol–water partition coefficient (Wildman–Crippen LogP) is -0.00330. The van der Waals surface area contributed by atoms with E-state index in [0.29, 0.717) is 12.2 Å². The van der Waals surface area contributed by atoms with Crippen LogP contribution in [-0.2, 0) is 7.05 Å². The fraction of sp³-hybridized carbons (Fsp3) is 0.692. The van der Waals surface area contributed by atoms with Crippen molar-refractivity contribution in [2.24, 2.45) is 7.05 Å². The van der Waals surface area contributed by atoms with Gasteiger partial charge >= 0.3 is 0 Å². The minimum atomic E-state index is -0.0995. The molecule has 2 N–H and O–H groups in total. The van der Waals surface area contributed by atoms with Crippen LogP contribution in [0.25, 0.3) is 0 Å². The second kappa shape index (κ2) is 6.68. The van der Waals surface area contributed by atoms with Gasteiger partial charge in [-0.05, 0) is 19.4 Å².